The molecule has 7 nitrogen and oxygen atoms in total. The molecule has 2 heterocycles. The lowest BCUT2D eigenvalue weighted by Crippen LogP contribution is -2.26. The third-order valence-corrected chi connectivity index (χ3v) is 5.63. The minimum Gasteiger partial charge on any atom is -0.486 e. The Kier molecular flexibility index (Phi) is 4.69. The SMILES string of the molecule is CNc1nc(CCNS(=O)(=O)c2ccc3c(c2)OCCO3)cs1. The maximum atomic E-state index is 12.3. The molecule has 1 aliphatic rings. The summed E-state index contributed by atoms with van der Waals surface area (Å²) in [6.07, 6.45) is 0.530. The second kappa shape index (κ2) is 6.73. The number of anilines is 1. The normalized spacial score (nSPS) is 13.8. The van der Waals surface area contributed by atoms with E-state index in [9.17, 15) is 8.42 Å². The monoisotopic (exact) mass is 355 g/mol. The number of nitrogens with zero attached hydrogens (tertiary/aromatic N) is 1. The van der Waals surface area contributed by atoms with Crippen molar-refractivity contribution in [1.29, 1.82) is 0 Å². The van der Waals surface area contributed by atoms with E-state index < -0.39 is 10.0 Å². The van der Waals surface area contributed by atoms with Crippen LogP contribution >= 0.6 is 11.3 Å². The van der Waals surface area contributed by atoms with Gasteiger partial charge in [0.1, 0.15) is 13.2 Å². The van der Waals surface area contributed by atoms with Crippen molar-refractivity contribution in [2.24, 2.45) is 0 Å². The van der Waals surface area contributed by atoms with E-state index >= 15 is 0 Å². The molecular weight excluding hydrogens is 338 g/mol. The number of sulfonamides is 1. The Bertz CT molecular complexity index is 789. The Labute approximate surface area is 138 Å². The van der Waals surface area contributed by atoms with Crippen LogP contribution in [0.1, 0.15) is 5.69 Å². The van der Waals surface area contributed by atoms with E-state index in [1.54, 1.807) is 13.1 Å². The van der Waals surface area contributed by atoms with Crippen molar-refractivity contribution in [2.75, 3.05) is 32.1 Å². The van der Waals surface area contributed by atoms with Gasteiger partial charge in [-0.15, -0.1) is 11.3 Å². The highest BCUT2D eigenvalue weighted by atomic mass is 32.2. The fraction of sp³-hybridized carbons (Fsp3) is 0.357. The molecule has 23 heavy (non-hydrogen) atoms. The molecule has 0 spiro atoms. The number of hydrogen-bond acceptors (Lipinski definition) is 7. The number of benzene rings is 1. The molecular formula is C14H17N3O4S2. The van der Waals surface area contributed by atoms with Crippen molar-refractivity contribution < 1.29 is 17.9 Å². The highest BCUT2D eigenvalue weighted by Gasteiger charge is 2.19. The summed E-state index contributed by atoms with van der Waals surface area (Å²) in [7, 11) is -1.79. The summed E-state index contributed by atoms with van der Waals surface area (Å²) in [5.41, 5.74) is 0.851. The summed E-state index contributed by atoms with van der Waals surface area (Å²) < 4.78 is 38.0. The smallest absolute Gasteiger partial charge is 0.240 e. The van der Waals surface area contributed by atoms with Crippen LogP contribution in [0.2, 0.25) is 0 Å². The van der Waals surface area contributed by atoms with Gasteiger partial charge in [-0.05, 0) is 12.1 Å². The Balaban J connectivity index is 1.64. The topological polar surface area (TPSA) is 89.6 Å². The van der Waals surface area contributed by atoms with Crippen LogP contribution in [0.15, 0.2) is 28.5 Å². The van der Waals surface area contributed by atoms with Gasteiger partial charge in [-0.25, -0.2) is 18.1 Å². The zero-order chi connectivity index (χ0) is 16.3. The van der Waals surface area contributed by atoms with Gasteiger partial charge < -0.3 is 14.8 Å². The van der Waals surface area contributed by atoms with Gasteiger partial charge in [0.25, 0.3) is 0 Å². The van der Waals surface area contributed by atoms with E-state index in [1.807, 2.05) is 5.38 Å². The van der Waals surface area contributed by atoms with E-state index in [1.165, 1.54) is 23.5 Å². The molecule has 0 unspecified atom stereocenters. The number of fused-ring (bicyclic) bond motifs is 1. The highest BCUT2D eigenvalue weighted by molar-refractivity contribution is 7.89. The van der Waals surface area contributed by atoms with Crippen LogP contribution in [-0.4, -0.2) is 40.2 Å². The molecule has 1 aliphatic heterocycles. The molecule has 9 heteroatoms. The minimum atomic E-state index is -3.59. The van der Waals surface area contributed by atoms with Crippen molar-refractivity contribution in [3.05, 3.63) is 29.3 Å². The molecule has 0 amide bonds. The number of rotatable bonds is 6. The molecule has 3 rings (SSSR count). The first-order chi connectivity index (χ1) is 11.1. The van der Waals surface area contributed by atoms with E-state index in [-0.39, 0.29) is 11.4 Å². The first kappa shape index (κ1) is 16.0. The number of thiazole rings is 1. The van der Waals surface area contributed by atoms with Gasteiger partial charge in [0.2, 0.25) is 10.0 Å². The van der Waals surface area contributed by atoms with Crippen LogP contribution in [0.3, 0.4) is 0 Å². The Morgan fingerprint density at radius 1 is 1.26 bits per heavy atom. The van der Waals surface area contributed by atoms with E-state index in [2.05, 4.69) is 15.0 Å². The Morgan fingerprint density at radius 3 is 2.78 bits per heavy atom. The van der Waals surface area contributed by atoms with E-state index in [0.717, 1.165) is 10.8 Å². The third kappa shape index (κ3) is 3.74. The zero-order valence-corrected chi connectivity index (χ0v) is 14.2. The number of nitrogens with one attached hydrogen (secondary N) is 2. The molecule has 0 fully saturated rings. The fourth-order valence-corrected chi connectivity index (χ4v) is 3.88. The molecule has 0 aliphatic carbocycles. The molecule has 124 valence electrons. The highest BCUT2D eigenvalue weighted by Crippen LogP contribution is 2.32. The van der Waals surface area contributed by atoms with Crippen LogP contribution in [0, 0.1) is 0 Å². The molecule has 1 aromatic heterocycles. The number of hydrogen-bond donors (Lipinski definition) is 2. The second-order valence-corrected chi connectivity index (χ2v) is 7.47. The summed E-state index contributed by atoms with van der Waals surface area (Å²) in [4.78, 5) is 4.48. The molecule has 0 saturated carbocycles. The maximum absolute atomic E-state index is 12.3. The summed E-state index contributed by atoms with van der Waals surface area (Å²) in [5, 5.41) is 5.67. The summed E-state index contributed by atoms with van der Waals surface area (Å²) in [6.45, 7) is 1.17. The van der Waals surface area contributed by atoms with Gasteiger partial charge in [-0.1, -0.05) is 0 Å². The van der Waals surface area contributed by atoms with Gasteiger partial charge in [-0.2, -0.15) is 0 Å². The summed E-state index contributed by atoms with van der Waals surface area (Å²) in [5.74, 6) is 1.02. The molecule has 0 saturated heterocycles. The molecule has 1 aromatic carbocycles. The van der Waals surface area contributed by atoms with Crippen molar-refractivity contribution >= 4 is 26.5 Å². The quantitative estimate of drug-likeness (QED) is 0.816. The molecule has 2 aromatic rings. The largest absolute Gasteiger partial charge is 0.486 e. The molecule has 0 radical (unpaired) electrons. The van der Waals surface area contributed by atoms with Crippen LogP contribution in [0.25, 0.3) is 0 Å². The predicted octanol–water partition coefficient (Wildman–Crippen LogP) is 1.48. The molecule has 0 atom stereocenters. The third-order valence-electron chi connectivity index (χ3n) is 3.26. The zero-order valence-electron chi connectivity index (χ0n) is 12.5. The Hall–Kier alpha value is -1.84. The Morgan fingerprint density at radius 2 is 2.04 bits per heavy atom. The molecule has 2 N–H and O–H groups in total. The van der Waals surface area contributed by atoms with Gasteiger partial charge in [0, 0.05) is 31.5 Å². The minimum absolute atomic E-state index is 0.163. The number of ether oxygens (including phenoxy) is 2. The van der Waals surface area contributed by atoms with Gasteiger partial charge in [0.05, 0.1) is 10.6 Å². The standard InChI is InChI=1S/C14H17N3O4S2/c1-15-14-17-10(9-22-14)4-5-16-23(18,19)11-2-3-12-13(8-11)21-7-6-20-12/h2-3,8-9,16H,4-7H2,1H3,(H,15,17). The maximum Gasteiger partial charge on any atom is 0.240 e. The average Bonchev–Trinajstić information content (AvgIpc) is 3.02. The van der Waals surface area contributed by atoms with Crippen molar-refractivity contribution in [1.82, 2.24) is 9.71 Å². The lowest BCUT2D eigenvalue weighted by atomic mass is 10.3. The first-order valence-electron chi connectivity index (χ1n) is 7.10. The average molecular weight is 355 g/mol. The molecule has 0 bridgehead atoms. The van der Waals surface area contributed by atoms with Crippen LogP contribution in [0.4, 0.5) is 5.13 Å². The fourth-order valence-electron chi connectivity index (χ4n) is 2.12. The van der Waals surface area contributed by atoms with E-state index in [4.69, 9.17) is 9.47 Å². The van der Waals surface area contributed by atoms with Crippen molar-refractivity contribution in [3.8, 4) is 11.5 Å². The van der Waals surface area contributed by atoms with E-state index in [0.29, 0.717) is 31.1 Å². The summed E-state index contributed by atoms with van der Waals surface area (Å²) in [6, 6.07) is 4.61. The van der Waals surface area contributed by atoms with Gasteiger partial charge in [0.15, 0.2) is 16.6 Å². The summed E-state index contributed by atoms with van der Waals surface area (Å²) >= 11 is 1.49. The second-order valence-electron chi connectivity index (χ2n) is 4.85. The van der Waals surface area contributed by atoms with Gasteiger partial charge >= 0.3 is 0 Å². The van der Waals surface area contributed by atoms with Crippen LogP contribution < -0.4 is 19.5 Å². The van der Waals surface area contributed by atoms with Gasteiger partial charge in [-0.3, -0.25) is 0 Å². The van der Waals surface area contributed by atoms with Crippen molar-refractivity contribution in [3.63, 3.8) is 0 Å². The lowest BCUT2D eigenvalue weighted by molar-refractivity contribution is 0.171. The van der Waals surface area contributed by atoms with Crippen molar-refractivity contribution in [2.45, 2.75) is 11.3 Å². The van der Waals surface area contributed by atoms with Crippen LogP contribution in [0.5, 0.6) is 11.5 Å². The predicted molar refractivity (Wildman–Crippen MR) is 88.0 cm³/mol. The lowest BCUT2D eigenvalue weighted by Gasteiger charge is -2.18. The first-order valence-corrected chi connectivity index (χ1v) is 9.46. The van der Waals surface area contributed by atoms with Crippen LogP contribution in [-0.2, 0) is 16.4 Å². The number of aromatic nitrogens is 1.